The first-order chi connectivity index (χ1) is 13.5. The molecule has 0 fully saturated rings. The van der Waals surface area contributed by atoms with Gasteiger partial charge in [-0.2, -0.15) is 23.4 Å². The predicted molar refractivity (Wildman–Crippen MR) is 103 cm³/mol. The molecule has 11 heteroatoms. The van der Waals surface area contributed by atoms with Crippen LogP contribution in [0, 0.1) is 6.92 Å². The summed E-state index contributed by atoms with van der Waals surface area (Å²) in [7, 11) is 0. The van der Waals surface area contributed by atoms with Crippen LogP contribution in [-0.2, 0) is 17.5 Å². The fraction of sp³-hybridized carbons (Fsp3) is 0.278. The third-order valence-electron chi connectivity index (χ3n) is 4.20. The summed E-state index contributed by atoms with van der Waals surface area (Å²) >= 11 is 12.0. The maximum atomic E-state index is 12.8. The maximum Gasteiger partial charge on any atom is 0.435 e. The topological polar surface area (TPSA) is 64.7 Å². The number of carbonyl (C=O) groups is 1. The molecule has 29 heavy (non-hydrogen) atoms. The number of nitrogens with one attached hydrogen (secondary N) is 1. The molecule has 2 heterocycles. The van der Waals surface area contributed by atoms with Gasteiger partial charge in [0.05, 0.1) is 6.54 Å². The Kier molecular flexibility index (Phi) is 5.90. The van der Waals surface area contributed by atoms with Crippen molar-refractivity contribution in [2.45, 2.75) is 32.6 Å². The van der Waals surface area contributed by atoms with Gasteiger partial charge >= 0.3 is 6.18 Å². The molecule has 2 aromatic heterocycles. The van der Waals surface area contributed by atoms with Gasteiger partial charge in [-0.25, -0.2) is 0 Å². The van der Waals surface area contributed by atoms with Crippen molar-refractivity contribution < 1.29 is 18.0 Å². The minimum atomic E-state index is -4.58. The number of benzene rings is 1. The fourth-order valence-corrected chi connectivity index (χ4v) is 3.17. The number of aryl methyl sites for hydroxylation is 1. The highest BCUT2D eigenvalue weighted by molar-refractivity contribution is 6.35. The summed E-state index contributed by atoms with van der Waals surface area (Å²) in [5, 5.41) is 11.3. The minimum Gasteiger partial charge on any atom is -0.307 e. The van der Waals surface area contributed by atoms with Crippen molar-refractivity contribution in [3.8, 4) is 0 Å². The smallest absolute Gasteiger partial charge is 0.307 e. The number of alkyl halides is 3. The van der Waals surface area contributed by atoms with Crippen molar-refractivity contribution in [1.82, 2.24) is 19.6 Å². The van der Waals surface area contributed by atoms with Gasteiger partial charge in [0, 0.05) is 28.0 Å². The van der Waals surface area contributed by atoms with Crippen molar-refractivity contribution in [2.75, 3.05) is 5.32 Å². The maximum absolute atomic E-state index is 12.8. The first kappa shape index (κ1) is 21.2. The summed E-state index contributed by atoms with van der Waals surface area (Å²) in [6, 6.07) is 6.61. The molecular formula is C18H16Cl2F3N5O. The average Bonchev–Trinajstić information content (AvgIpc) is 3.23. The summed E-state index contributed by atoms with van der Waals surface area (Å²) in [6.07, 6.45) is -2.93. The molecular weight excluding hydrogens is 430 g/mol. The monoisotopic (exact) mass is 445 g/mol. The molecule has 0 aliphatic carbocycles. The van der Waals surface area contributed by atoms with E-state index in [0.29, 0.717) is 16.6 Å². The van der Waals surface area contributed by atoms with E-state index in [9.17, 15) is 18.0 Å². The van der Waals surface area contributed by atoms with E-state index in [-0.39, 0.29) is 11.5 Å². The second-order valence-electron chi connectivity index (χ2n) is 6.41. The zero-order valence-corrected chi connectivity index (χ0v) is 16.8. The number of hydrogen-bond donors (Lipinski definition) is 1. The number of aromatic nitrogens is 4. The van der Waals surface area contributed by atoms with Crippen LogP contribution in [0.1, 0.15) is 29.9 Å². The van der Waals surface area contributed by atoms with Gasteiger partial charge in [-0.1, -0.05) is 29.3 Å². The molecule has 3 aromatic rings. The summed E-state index contributed by atoms with van der Waals surface area (Å²) in [4.78, 5) is 12.4. The molecule has 0 radical (unpaired) electrons. The molecule has 6 nitrogen and oxygen atoms in total. The van der Waals surface area contributed by atoms with Crippen LogP contribution in [0.2, 0.25) is 10.0 Å². The highest BCUT2D eigenvalue weighted by Gasteiger charge is 2.35. The van der Waals surface area contributed by atoms with Gasteiger partial charge in [0.2, 0.25) is 5.91 Å². The van der Waals surface area contributed by atoms with Crippen LogP contribution < -0.4 is 5.32 Å². The van der Waals surface area contributed by atoms with Crippen LogP contribution in [0.4, 0.5) is 19.0 Å². The zero-order valence-electron chi connectivity index (χ0n) is 15.3. The van der Waals surface area contributed by atoms with Crippen LogP contribution in [0.3, 0.4) is 0 Å². The molecule has 0 spiro atoms. The lowest BCUT2D eigenvalue weighted by molar-refractivity contribution is -0.141. The molecule has 3 rings (SSSR count). The first-order valence-electron chi connectivity index (χ1n) is 8.46. The second kappa shape index (κ2) is 8.08. The third kappa shape index (κ3) is 4.91. The normalized spacial score (nSPS) is 12.8. The van der Waals surface area contributed by atoms with Gasteiger partial charge in [-0.05, 0) is 37.6 Å². The SMILES string of the molecule is Cc1cc(C(F)(F)F)nn1C(C)C(=O)Nc1ccn(Cc2ccc(Cl)cc2Cl)n1. The number of carbonyl (C=O) groups excluding carboxylic acids is 1. The van der Waals surface area contributed by atoms with Gasteiger partial charge in [-0.15, -0.1) is 0 Å². The molecule has 1 N–H and O–H groups in total. The van der Waals surface area contributed by atoms with Crippen LogP contribution in [0.15, 0.2) is 36.5 Å². The summed E-state index contributed by atoms with van der Waals surface area (Å²) in [5.41, 5.74) is -0.0288. The number of halogens is 5. The van der Waals surface area contributed by atoms with Gasteiger partial charge in [0.15, 0.2) is 11.5 Å². The molecule has 0 aliphatic rings. The fourth-order valence-electron chi connectivity index (χ4n) is 2.70. The molecule has 0 bridgehead atoms. The zero-order chi connectivity index (χ0) is 21.3. The summed E-state index contributed by atoms with van der Waals surface area (Å²) in [6.45, 7) is 3.27. The van der Waals surface area contributed by atoms with Gasteiger partial charge in [0.1, 0.15) is 6.04 Å². The molecule has 1 amide bonds. The van der Waals surface area contributed by atoms with Gasteiger partial charge in [0.25, 0.3) is 0 Å². The molecule has 1 atom stereocenters. The summed E-state index contributed by atoms with van der Waals surface area (Å²) < 4.78 is 41.1. The minimum absolute atomic E-state index is 0.225. The Morgan fingerprint density at radius 1 is 1.21 bits per heavy atom. The quantitative estimate of drug-likeness (QED) is 0.603. The highest BCUT2D eigenvalue weighted by atomic mass is 35.5. The third-order valence-corrected chi connectivity index (χ3v) is 4.79. The molecule has 1 unspecified atom stereocenters. The standard InChI is InChI=1S/C18H16Cl2F3N5O/c1-10-7-15(18(21,22)23)25-28(10)11(2)17(29)24-16-5-6-27(26-16)9-12-3-4-13(19)8-14(12)20/h3-8,11H,9H2,1-2H3,(H,24,26,29). The Morgan fingerprint density at radius 3 is 2.55 bits per heavy atom. The van der Waals surface area contributed by atoms with Crippen LogP contribution in [-0.4, -0.2) is 25.5 Å². The van der Waals surface area contributed by atoms with E-state index < -0.39 is 23.8 Å². The van der Waals surface area contributed by atoms with E-state index in [0.717, 1.165) is 16.3 Å². The molecule has 154 valence electrons. The van der Waals surface area contributed by atoms with Crippen molar-refractivity contribution in [2.24, 2.45) is 0 Å². The molecule has 0 saturated carbocycles. The molecule has 0 aliphatic heterocycles. The van der Waals surface area contributed by atoms with E-state index in [2.05, 4.69) is 15.5 Å². The van der Waals surface area contributed by atoms with Crippen molar-refractivity contribution in [3.63, 3.8) is 0 Å². The van der Waals surface area contributed by atoms with E-state index in [1.165, 1.54) is 13.8 Å². The Morgan fingerprint density at radius 2 is 1.93 bits per heavy atom. The number of hydrogen-bond acceptors (Lipinski definition) is 3. The van der Waals surface area contributed by atoms with Crippen LogP contribution >= 0.6 is 23.2 Å². The Bertz CT molecular complexity index is 1040. The Labute approximate surface area is 174 Å². The molecule has 1 aromatic carbocycles. The van der Waals surface area contributed by atoms with Crippen molar-refractivity contribution in [1.29, 1.82) is 0 Å². The number of anilines is 1. The van der Waals surface area contributed by atoms with E-state index in [1.807, 2.05) is 0 Å². The number of rotatable bonds is 5. The van der Waals surface area contributed by atoms with E-state index >= 15 is 0 Å². The predicted octanol–water partition coefficient (Wildman–Crippen LogP) is 4.96. The average molecular weight is 446 g/mol. The largest absolute Gasteiger partial charge is 0.435 e. The van der Waals surface area contributed by atoms with E-state index in [1.54, 1.807) is 35.1 Å². The van der Waals surface area contributed by atoms with Crippen molar-refractivity contribution in [3.05, 3.63) is 63.5 Å². The van der Waals surface area contributed by atoms with E-state index in [4.69, 9.17) is 23.2 Å². The highest BCUT2D eigenvalue weighted by Crippen LogP contribution is 2.29. The number of nitrogens with zero attached hydrogens (tertiary/aromatic N) is 4. The second-order valence-corrected chi connectivity index (χ2v) is 7.26. The van der Waals surface area contributed by atoms with Crippen LogP contribution in [0.25, 0.3) is 0 Å². The lowest BCUT2D eigenvalue weighted by Crippen LogP contribution is -2.26. The summed E-state index contributed by atoms with van der Waals surface area (Å²) in [5.74, 6) is -0.285. The van der Waals surface area contributed by atoms with Gasteiger partial charge in [-0.3, -0.25) is 14.2 Å². The lowest BCUT2D eigenvalue weighted by Gasteiger charge is -2.13. The first-order valence-corrected chi connectivity index (χ1v) is 9.22. The van der Waals surface area contributed by atoms with Gasteiger partial charge < -0.3 is 5.32 Å². The van der Waals surface area contributed by atoms with Crippen molar-refractivity contribution >= 4 is 34.9 Å². The number of amides is 1. The molecule has 0 saturated heterocycles. The van der Waals surface area contributed by atoms with Crippen LogP contribution in [0.5, 0.6) is 0 Å². The Balaban J connectivity index is 1.69. The Hall–Kier alpha value is -2.52. The lowest BCUT2D eigenvalue weighted by atomic mass is 10.2.